The van der Waals surface area contributed by atoms with Crippen molar-refractivity contribution in [3.63, 3.8) is 0 Å². The lowest BCUT2D eigenvalue weighted by Crippen LogP contribution is -2.37. The maximum Gasteiger partial charge on any atom is 0.336 e. The van der Waals surface area contributed by atoms with E-state index in [-0.39, 0.29) is 18.9 Å². The molecule has 0 saturated carbocycles. The average molecular weight is 358 g/mol. The van der Waals surface area contributed by atoms with E-state index in [1.165, 1.54) is 11.0 Å². The molecule has 126 valence electrons. The highest BCUT2D eigenvalue weighted by Crippen LogP contribution is 2.42. The number of cyclic esters (lactones) is 1. The first-order chi connectivity index (χ1) is 12.1. The van der Waals surface area contributed by atoms with Crippen LogP contribution in [0.3, 0.4) is 0 Å². The second kappa shape index (κ2) is 6.01. The monoisotopic (exact) mass is 357 g/mol. The topological polar surface area (TPSA) is 46.6 Å². The van der Waals surface area contributed by atoms with Crippen molar-refractivity contribution >= 4 is 29.2 Å². The highest BCUT2D eigenvalue weighted by molar-refractivity contribution is 6.31. The highest BCUT2D eigenvalue weighted by Gasteiger charge is 2.43. The number of esters is 1. The van der Waals surface area contributed by atoms with Gasteiger partial charge in [-0.25, -0.2) is 9.18 Å². The Balaban J connectivity index is 1.86. The van der Waals surface area contributed by atoms with Crippen molar-refractivity contribution in [2.24, 2.45) is 0 Å². The number of halogens is 2. The molecule has 2 heterocycles. The molecule has 2 aromatic carbocycles. The summed E-state index contributed by atoms with van der Waals surface area (Å²) in [5.74, 6) is -1.83. The van der Waals surface area contributed by atoms with Crippen molar-refractivity contribution in [1.82, 2.24) is 0 Å². The average Bonchev–Trinajstić information content (AvgIpc) is 2.96. The lowest BCUT2D eigenvalue weighted by Gasteiger charge is -2.32. The number of ether oxygens (including phenoxy) is 1. The van der Waals surface area contributed by atoms with Crippen LogP contribution in [0.15, 0.2) is 59.8 Å². The van der Waals surface area contributed by atoms with Crippen LogP contribution in [0.2, 0.25) is 5.02 Å². The zero-order valence-corrected chi connectivity index (χ0v) is 13.8. The van der Waals surface area contributed by atoms with Crippen LogP contribution in [-0.4, -0.2) is 18.5 Å². The summed E-state index contributed by atoms with van der Waals surface area (Å²) < 4.78 is 19.4. The van der Waals surface area contributed by atoms with E-state index in [0.717, 1.165) is 0 Å². The number of nitrogens with zero attached hydrogens (tertiary/aromatic N) is 1. The van der Waals surface area contributed by atoms with Crippen LogP contribution in [0.1, 0.15) is 17.9 Å². The van der Waals surface area contributed by atoms with Gasteiger partial charge >= 0.3 is 5.97 Å². The number of carbonyl (C=O) groups excluding carboxylic acids is 2. The molecule has 1 atom stereocenters. The summed E-state index contributed by atoms with van der Waals surface area (Å²) >= 11 is 6.03. The van der Waals surface area contributed by atoms with Crippen LogP contribution in [-0.2, 0) is 14.3 Å². The van der Waals surface area contributed by atoms with Crippen molar-refractivity contribution in [3.05, 3.63) is 76.2 Å². The SMILES string of the molecule is O=C1OCC2=C1[C@@H](c1ccccc1F)CC(=O)N2c1cccc(Cl)c1. The molecule has 0 N–H and O–H groups in total. The van der Waals surface area contributed by atoms with Gasteiger partial charge in [-0.3, -0.25) is 9.69 Å². The van der Waals surface area contributed by atoms with Crippen molar-refractivity contribution in [1.29, 1.82) is 0 Å². The summed E-state index contributed by atoms with van der Waals surface area (Å²) in [7, 11) is 0. The van der Waals surface area contributed by atoms with Gasteiger partial charge in [-0.1, -0.05) is 35.9 Å². The summed E-state index contributed by atoms with van der Waals surface area (Å²) in [6.45, 7) is -0.0165. The van der Waals surface area contributed by atoms with Gasteiger partial charge in [0.1, 0.15) is 12.4 Å². The minimum Gasteiger partial charge on any atom is -0.456 e. The Morgan fingerprint density at radius 3 is 2.68 bits per heavy atom. The third kappa shape index (κ3) is 2.61. The number of hydrogen-bond donors (Lipinski definition) is 0. The Hall–Kier alpha value is -2.66. The van der Waals surface area contributed by atoms with E-state index in [0.29, 0.717) is 27.5 Å². The van der Waals surface area contributed by atoms with Crippen molar-refractivity contribution < 1.29 is 18.7 Å². The van der Waals surface area contributed by atoms with Gasteiger partial charge in [0, 0.05) is 17.4 Å². The molecule has 2 aliphatic rings. The van der Waals surface area contributed by atoms with E-state index >= 15 is 0 Å². The predicted octanol–water partition coefficient (Wildman–Crippen LogP) is 3.81. The molecule has 4 nitrogen and oxygen atoms in total. The van der Waals surface area contributed by atoms with Gasteiger partial charge in [0.2, 0.25) is 5.91 Å². The van der Waals surface area contributed by atoms with Crippen LogP contribution in [0.5, 0.6) is 0 Å². The predicted molar refractivity (Wildman–Crippen MR) is 90.7 cm³/mol. The third-order valence-electron chi connectivity index (χ3n) is 4.46. The standard InChI is InChI=1S/C19H13ClFNO3/c20-11-4-3-5-12(8-11)22-16-10-25-19(24)18(16)14(9-17(22)23)13-6-1-2-7-15(13)21/h1-8,14H,9-10H2/t14-/m1/s1. The zero-order valence-electron chi connectivity index (χ0n) is 13.0. The van der Waals surface area contributed by atoms with Crippen LogP contribution < -0.4 is 4.90 Å². The summed E-state index contributed by atoms with van der Waals surface area (Å²) in [5.41, 5.74) is 1.68. The van der Waals surface area contributed by atoms with Gasteiger partial charge < -0.3 is 4.74 Å². The molecule has 0 bridgehead atoms. The van der Waals surface area contributed by atoms with Gasteiger partial charge in [-0.2, -0.15) is 0 Å². The van der Waals surface area contributed by atoms with Gasteiger partial charge in [0.05, 0.1) is 17.0 Å². The lowest BCUT2D eigenvalue weighted by molar-refractivity contribution is -0.136. The Bertz CT molecular complexity index is 924. The maximum absolute atomic E-state index is 14.2. The van der Waals surface area contributed by atoms with E-state index in [1.54, 1.807) is 42.5 Å². The first-order valence-electron chi connectivity index (χ1n) is 7.79. The molecule has 0 radical (unpaired) electrons. The van der Waals surface area contributed by atoms with Crippen LogP contribution in [0, 0.1) is 5.82 Å². The number of carbonyl (C=O) groups is 2. The van der Waals surface area contributed by atoms with Gasteiger partial charge in [-0.05, 0) is 29.8 Å². The molecule has 0 fully saturated rings. The quantitative estimate of drug-likeness (QED) is 0.768. The molecule has 25 heavy (non-hydrogen) atoms. The number of amides is 1. The van der Waals surface area contributed by atoms with Crippen molar-refractivity contribution in [2.75, 3.05) is 11.5 Å². The molecule has 0 unspecified atom stereocenters. The van der Waals surface area contributed by atoms with Crippen LogP contribution >= 0.6 is 11.6 Å². The van der Waals surface area contributed by atoms with Crippen molar-refractivity contribution in [2.45, 2.75) is 12.3 Å². The van der Waals surface area contributed by atoms with Crippen LogP contribution in [0.4, 0.5) is 10.1 Å². The normalized spacial score (nSPS) is 19.9. The third-order valence-corrected chi connectivity index (χ3v) is 4.70. The maximum atomic E-state index is 14.2. The fraction of sp³-hybridized carbons (Fsp3) is 0.158. The first kappa shape index (κ1) is 15.8. The van der Waals surface area contributed by atoms with Gasteiger partial charge in [0.25, 0.3) is 0 Å². The fourth-order valence-corrected chi connectivity index (χ4v) is 3.58. The number of hydrogen-bond acceptors (Lipinski definition) is 3. The summed E-state index contributed by atoms with van der Waals surface area (Å²) in [4.78, 5) is 26.5. The molecular formula is C19H13ClFNO3. The Kier molecular flexibility index (Phi) is 3.81. The van der Waals surface area contributed by atoms with Gasteiger partial charge in [0.15, 0.2) is 0 Å². The molecule has 0 spiro atoms. The van der Waals surface area contributed by atoms with Crippen molar-refractivity contribution in [3.8, 4) is 0 Å². The second-order valence-corrected chi connectivity index (χ2v) is 6.36. The minimum atomic E-state index is -0.644. The molecular weight excluding hydrogens is 345 g/mol. The molecule has 4 rings (SSSR count). The van der Waals surface area contributed by atoms with E-state index in [1.807, 2.05) is 0 Å². The Morgan fingerprint density at radius 2 is 1.92 bits per heavy atom. The molecule has 0 aliphatic carbocycles. The van der Waals surface area contributed by atoms with E-state index < -0.39 is 17.7 Å². The minimum absolute atomic E-state index is 0.0125. The lowest BCUT2D eigenvalue weighted by atomic mass is 9.84. The largest absolute Gasteiger partial charge is 0.456 e. The Labute approximate surface area is 148 Å². The molecule has 0 saturated heterocycles. The molecule has 2 aliphatic heterocycles. The van der Waals surface area contributed by atoms with Gasteiger partial charge in [-0.15, -0.1) is 0 Å². The van der Waals surface area contributed by atoms with E-state index in [2.05, 4.69) is 0 Å². The highest BCUT2D eigenvalue weighted by atomic mass is 35.5. The summed E-state index contributed by atoms with van der Waals surface area (Å²) in [6, 6.07) is 13.0. The first-order valence-corrected chi connectivity index (χ1v) is 8.17. The molecule has 0 aromatic heterocycles. The smallest absolute Gasteiger partial charge is 0.336 e. The molecule has 6 heteroatoms. The summed E-state index contributed by atoms with van der Waals surface area (Å²) in [5, 5.41) is 0.480. The molecule has 2 aromatic rings. The number of anilines is 1. The number of rotatable bonds is 2. The van der Waals surface area contributed by atoms with E-state index in [9.17, 15) is 14.0 Å². The Morgan fingerprint density at radius 1 is 1.12 bits per heavy atom. The molecule has 1 amide bonds. The second-order valence-electron chi connectivity index (χ2n) is 5.92. The van der Waals surface area contributed by atoms with E-state index in [4.69, 9.17) is 16.3 Å². The zero-order chi connectivity index (χ0) is 17.6. The summed E-state index contributed by atoms with van der Waals surface area (Å²) in [6.07, 6.45) is -0.0125. The fourth-order valence-electron chi connectivity index (χ4n) is 3.39. The van der Waals surface area contributed by atoms with Crippen LogP contribution in [0.25, 0.3) is 0 Å². The number of benzene rings is 2.